The van der Waals surface area contributed by atoms with Crippen LogP contribution < -0.4 is 10.2 Å². The van der Waals surface area contributed by atoms with E-state index in [0.717, 1.165) is 35.2 Å². The lowest BCUT2D eigenvalue weighted by Gasteiger charge is -2.29. The second kappa shape index (κ2) is 7.52. The molecule has 1 N–H and O–H groups in total. The molecule has 1 amide bonds. The molecule has 0 aliphatic carbocycles. The van der Waals surface area contributed by atoms with Gasteiger partial charge in [0.15, 0.2) is 0 Å². The van der Waals surface area contributed by atoms with Crippen molar-refractivity contribution in [1.29, 1.82) is 0 Å². The van der Waals surface area contributed by atoms with E-state index in [9.17, 15) is 4.79 Å². The Labute approximate surface area is 153 Å². The maximum atomic E-state index is 12.7. The molecule has 26 heavy (non-hydrogen) atoms. The van der Waals surface area contributed by atoms with Gasteiger partial charge in [-0.3, -0.25) is 9.78 Å². The summed E-state index contributed by atoms with van der Waals surface area (Å²) in [6.45, 7) is 2.52. The molecule has 0 spiro atoms. The van der Waals surface area contributed by atoms with Crippen molar-refractivity contribution in [2.45, 2.75) is 25.8 Å². The zero-order chi connectivity index (χ0) is 17.8. The molecule has 0 atom stereocenters. The van der Waals surface area contributed by atoms with Crippen LogP contribution in [0.2, 0.25) is 0 Å². The first-order valence-electron chi connectivity index (χ1n) is 9.13. The van der Waals surface area contributed by atoms with Crippen molar-refractivity contribution in [3.05, 3.63) is 66.1 Å². The lowest BCUT2D eigenvalue weighted by atomic mass is 10.0. The van der Waals surface area contributed by atoms with Gasteiger partial charge in [0.05, 0.1) is 5.56 Å². The maximum Gasteiger partial charge on any atom is 0.253 e. The highest BCUT2D eigenvalue weighted by molar-refractivity contribution is 6.09. The van der Waals surface area contributed by atoms with E-state index in [4.69, 9.17) is 0 Å². The number of pyridine rings is 2. The van der Waals surface area contributed by atoms with E-state index in [1.807, 2.05) is 30.3 Å². The van der Waals surface area contributed by atoms with Gasteiger partial charge in [-0.2, -0.15) is 0 Å². The predicted octanol–water partition coefficient (Wildman–Crippen LogP) is 3.55. The fraction of sp³-hybridized carbons (Fsp3) is 0.286. The number of anilines is 1. The summed E-state index contributed by atoms with van der Waals surface area (Å²) < 4.78 is 0. The highest BCUT2D eigenvalue weighted by atomic mass is 16.1. The molecular weight excluding hydrogens is 324 g/mol. The number of rotatable bonds is 4. The summed E-state index contributed by atoms with van der Waals surface area (Å²) in [4.78, 5) is 23.8. The molecule has 5 heteroatoms. The Morgan fingerprint density at radius 1 is 1.00 bits per heavy atom. The van der Waals surface area contributed by atoms with Crippen molar-refractivity contribution in [3.63, 3.8) is 0 Å². The molecule has 0 unspecified atom stereocenters. The van der Waals surface area contributed by atoms with Crippen molar-refractivity contribution < 1.29 is 4.79 Å². The Morgan fingerprint density at radius 2 is 1.81 bits per heavy atom. The summed E-state index contributed by atoms with van der Waals surface area (Å²) in [5, 5.41) is 4.97. The average Bonchev–Trinajstić information content (AvgIpc) is 2.72. The third kappa shape index (κ3) is 3.38. The number of fused-ring (bicyclic) bond motifs is 1. The highest BCUT2D eigenvalue weighted by Crippen LogP contribution is 2.29. The lowest BCUT2D eigenvalue weighted by Crippen LogP contribution is -2.30. The monoisotopic (exact) mass is 346 g/mol. The molecule has 1 saturated heterocycles. The van der Waals surface area contributed by atoms with E-state index >= 15 is 0 Å². The van der Waals surface area contributed by atoms with Crippen molar-refractivity contribution in [2.24, 2.45) is 0 Å². The summed E-state index contributed by atoms with van der Waals surface area (Å²) in [5.74, 6) is 0.881. The molecule has 3 heterocycles. The minimum absolute atomic E-state index is 0.109. The third-order valence-corrected chi connectivity index (χ3v) is 4.85. The number of benzene rings is 1. The smallest absolute Gasteiger partial charge is 0.253 e. The molecule has 1 aliphatic rings. The third-order valence-electron chi connectivity index (χ3n) is 4.85. The van der Waals surface area contributed by atoms with Crippen molar-refractivity contribution in [2.75, 3.05) is 18.0 Å². The zero-order valence-electron chi connectivity index (χ0n) is 14.7. The Bertz CT molecular complexity index is 904. The second-order valence-electron chi connectivity index (χ2n) is 6.63. The number of hydrogen-bond acceptors (Lipinski definition) is 4. The van der Waals surface area contributed by atoms with Crippen LogP contribution in [0.15, 0.2) is 55.0 Å². The van der Waals surface area contributed by atoms with E-state index in [2.05, 4.69) is 26.3 Å². The molecule has 132 valence electrons. The van der Waals surface area contributed by atoms with E-state index in [0.29, 0.717) is 12.1 Å². The van der Waals surface area contributed by atoms with Gasteiger partial charge >= 0.3 is 0 Å². The first kappa shape index (κ1) is 16.5. The minimum atomic E-state index is -0.109. The molecule has 0 bridgehead atoms. The zero-order valence-corrected chi connectivity index (χ0v) is 14.7. The fourth-order valence-electron chi connectivity index (χ4n) is 3.50. The number of carbonyl (C=O) groups is 1. The van der Waals surface area contributed by atoms with Crippen LogP contribution >= 0.6 is 0 Å². The summed E-state index contributed by atoms with van der Waals surface area (Å²) in [6, 6.07) is 11.9. The van der Waals surface area contributed by atoms with Gasteiger partial charge in [0, 0.05) is 43.6 Å². The van der Waals surface area contributed by atoms with Crippen LogP contribution in [-0.2, 0) is 6.54 Å². The number of amides is 1. The molecule has 1 aromatic carbocycles. The van der Waals surface area contributed by atoms with E-state index in [1.54, 1.807) is 18.6 Å². The van der Waals surface area contributed by atoms with Crippen LogP contribution in [-0.4, -0.2) is 29.0 Å². The Morgan fingerprint density at radius 3 is 2.58 bits per heavy atom. The molecular formula is C21H22N4O. The Hall–Kier alpha value is -2.95. The van der Waals surface area contributed by atoms with Crippen LogP contribution in [0.5, 0.6) is 0 Å². The van der Waals surface area contributed by atoms with Gasteiger partial charge in [0.2, 0.25) is 0 Å². The lowest BCUT2D eigenvalue weighted by molar-refractivity contribution is 0.0952. The van der Waals surface area contributed by atoms with Gasteiger partial charge in [0.1, 0.15) is 5.82 Å². The normalized spacial score (nSPS) is 14.4. The highest BCUT2D eigenvalue weighted by Gasteiger charge is 2.18. The quantitative estimate of drug-likeness (QED) is 0.785. The number of piperidine rings is 1. The van der Waals surface area contributed by atoms with Gasteiger partial charge in [-0.1, -0.05) is 30.3 Å². The molecule has 0 radical (unpaired) electrons. The summed E-state index contributed by atoms with van der Waals surface area (Å²) in [5.41, 5.74) is 1.59. The Balaban J connectivity index is 1.62. The number of aromatic nitrogens is 2. The largest absolute Gasteiger partial charge is 0.356 e. The van der Waals surface area contributed by atoms with Crippen LogP contribution in [0.1, 0.15) is 35.2 Å². The second-order valence-corrected chi connectivity index (χ2v) is 6.63. The van der Waals surface area contributed by atoms with Gasteiger partial charge in [0.25, 0.3) is 5.91 Å². The predicted molar refractivity (Wildman–Crippen MR) is 103 cm³/mol. The number of hydrogen-bond donors (Lipinski definition) is 1. The van der Waals surface area contributed by atoms with E-state index < -0.39 is 0 Å². The number of nitrogens with zero attached hydrogens (tertiary/aromatic N) is 3. The van der Waals surface area contributed by atoms with Crippen LogP contribution in [0.4, 0.5) is 5.82 Å². The van der Waals surface area contributed by atoms with E-state index in [-0.39, 0.29) is 5.91 Å². The minimum Gasteiger partial charge on any atom is -0.356 e. The molecule has 1 fully saturated rings. The molecule has 5 nitrogen and oxygen atoms in total. The topological polar surface area (TPSA) is 58.1 Å². The van der Waals surface area contributed by atoms with Gasteiger partial charge in [-0.15, -0.1) is 0 Å². The average molecular weight is 346 g/mol. The molecule has 0 saturated carbocycles. The first-order chi connectivity index (χ1) is 12.8. The van der Waals surface area contributed by atoms with Crippen LogP contribution in [0.3, 0.4) is 0 Å². The standard InChI is InChI=1S/C21H22N4O/c26-21(24-14-16-7-6-10-22-13-16)19-15-23-20(25-11-4-1-5-12-25)18-9-3-2-8-17(18)19/h2-3,6-10,13,15H,1,4-5,11-12,14H2,(H,24,26). The van der Waals surface area contributed by atoms with E-state index in [1.165, 1.54) is 19.3 Å². The van der Waals surface area contributed by atoms with Crippen molar-refractivity contribution >= 4 is 22.5 Å². The van der Waals surface area contributed by atoms with Gasteiger partial charge < -0.3 is 10.2 Å². The van der Waals surface area contributed by atoms with Gasteiger partial charge in [-0.25, -0.2) is 4.98 Å². The first-order valence-corrected chi connectivity index (χ1v) is 9.13. The fourth-order valence-corrected chi connectivity index (χ4v) is 3.50. The maximum absolute atomic E-state index is 12.7. The van der Waals surface area contributed by atoms with Crippen molar-refractivity contribution in [1.82, 2.24) is 15.3 Å². The summed E-state index contributed by atoms with van der Waals surface area (Å²) in [6.07, 6.45) is 8.87. The summed E-state index contributed by atoms with van der Waals surface area (Å²) >= 11 is 0. The number of nitrogens with one attached hydrogen (secondary N) is 1. The summed E-state index contributed by atoms with van der Waals surface area (Å²) in [7, 11) is 0. The van der Waals surface area contributed by atoms with Crippen LogP contribution in [0.25, 0.3) is 10.8 Å². The molecule has 3 aromatic rings. The molecule has 4 rings (SSSR count). The Kier molecular flexibility index (Phi) is 4.78. The van der Waals surface area contributed by atoms with Crippen molar-refractivity contribution in [3.8, 4) is 0 Å². The van der Waals surface area contributed by atoms with Crippen LogP contribution in [0, 0.1) is 0 Å². The molecule has 1 aliphatic heterocycles. The molecule has 2 aromatic heterocycles. The SMILES string of the molecule is O=C(NCc1cccnc1)c1cnc(N2CCCCC2)c2ccccc12. The number of carbonyl (C=O) groups excluding carboxylic acids is 1. The van der Waals surface area contributed by atoms with Gasteiger partial charge in [-0.05, 0) is 36.3 Å².